The summed E-state index contributed by atoms with van der Waals surface area (Å²) in [5, 5.41) is 7.65. The third-order valence-electron chi connectivity index (χ3n) is 6.21. The Bertz CT molecular complexity index is 1150. The lowest BCUT2D eigenvalue weighted by Gasteiger charge is -2.32. The molecule has 0 bridgehead atoms. The number of hydrogen-bond acceptors (Lipinski definition) is 5. The van der Waals surface area contributed by atoms with Gasteiger partial charge in [0.25, 0.3) is 5.56 Å². The molecule has 1 amide bonds. The monoisotopic (exact) mass is 446 g/mol. The first kappa shape index (κ1) is 22.6. The van der Waals surface area contributed by atoms with Gasteiger partial charge in [-0.05, 0) is 49.1 Å². The molecule has 0 spiro atoms. The van der Waals surface area contributed by atoms with Crippen LogP contribution < -0.4 is 20.5 Å². The van der Waals surface area contributed by atoms with Gasteiger partial charge in [-0.3, -0.25) is 9.59 Å². The smallest absolute Gasteiger partial charge is 0.271 e. The fourth-order valence-corrected chi connectivity index (χ4v) is 4.17. The average molecular weight is 447 g/mol. The Morgan fingerprint density at radius 1 is 1.06 bits per heavy atom. The maximum Gasteiger partial charge on any atom is 0.271 e. The highest BCUT2D eigenvalue weighted by Gasteiger charge is 2.26. The van der Waals surface area contributed by atoms with Crippen LogP contribution in [0.15, 0.2) is 65.5 Å². The lowest BCUT2D eigenvalue weighted by atomic mass is 9.96. The van der Waals surface area contributed by atoms with Crippen molar-refractivity contribution in [3.63, 3.8) is 0 Å². The molecule has 0 radical (unpaired) electrons. The van der Waals surface area contributed by atoms with E-state index in [1.807, 2.05) is 48.5 Å². The van der Waals surface area contributed by atoms with Crippen LogP contribution in [0.1, 0.15) is 30.9 Å². The van der Waals surface area contributed by atoms with Gasteiger partial charge in [-0.1, -0.05) is 37.3 Å². The topological polar surface area (TPSA) is 76.5 Å². The summed E-state index contributed by atoms with van der Waals surface area (Å²) in [6.07, 6.45) is 2.43. The van der Waals surface area contributed by atoms with Crippen LogP contribution in [0.4, 0.5) is 5.82 Å². The summed E-state index contributed by atoms with van der Waals surface area (Å²) >= 11 is 0. The van der Waals surface area contributed by atoms with Gasteiger partial charge in [-0.25, -0.2) is 0 Å². The number of para-hydroxylation sites is 1. The fourth-order valence-electron chi connectivity index (χ4n) is 4.17. The molecule has 0 atom stereocenters. The van der Waals surface area contributed by atoms with Gasteiger partial charge in [0.05, 0.1) is 12.8 Å². The third kappa shape index (κ3) is 5.25. The maximum absolute atomic E-state index is 12.7. The standard InChI is InChI=1S/C26H30N4O3/c1-3-19-8-10-22(11-9-19)30-25(31)13-12-24(28-30)29-16-14-20(15-17-29)26(32)27-18-21-6-4-5-7-23(21)33-2/h4-13,20H,3,14-18H2,1-2H3,(H,27,32). The van der Waals surface area contributed by atoms with Crippen molar-refractivity contribution in [1.29, 1.82) is 0 Å². The molecule has 1 fully saturated rings. The van der Waals surface area contributed by atoms with E-state index in [1.165, 1.54) is 10.2 Å². The normalized spacial score (nSPS) is 14.2. The minimum atomic E-state index is -0.159. The Morgan fingerprint density at radius 2 is 1.79 bits per heavy atom. The molecule has 0 saturated carbocycles. The SMILES string of the molecule is CCc1ccc(-n2nc(N3CCC(C(=O)NCc4ccccc4OC)CC3)ccc2=O)cc1. The van der Waals surface area contributed by atoms with Crippen LogP contribution >= 0.6 is 0 Å². The minimum absolute atomic E-state index is 0.0385. The Labute approximate surface area is 194 Å². The first-order valence-corrected chi connectivity index (χ1v) is 11.4. The second-order valence-electron chi connectivity index (χ2n) is 8.25. The molecule has 0 unspecified atom stereocenters. The lowest BCUT2D eigenvalue weighted by Crippen LogP contribution is -2.41. The summed E-state index contributed by atoms with van der Waals surface area (Å²) in [4.78, 5) is 27.3. The van der Waals surface area contributed by atoms with E-state index in [-0.39, 0.29) is 17.4 Å². The van der Waals surface area contributed by atoms with Gasteiger partial charge >= 0.3 is 0 Å². The Balaban J connectivity index is 1.37. The number of carbonyl (C=O) groups excluding carboxylic acids is 1. The number of nitrogens with zero attached hydrogens (tertiary/aromatic N) is 3. The molecule has 1 aliphatic heterocycles. The molecular weight excluding hydrogens is 416 g/mol. The zero-order valence-corrected chi connectivity index (χ0v) is 19.2. The molecule has 7 nitrogen and oxygen atoms in total. The first-order chi connectivity index (χ1) is 16.1. The molecule has 33 heavy (non-hydrogen) atoms. The van der Waals surface area contributed by atoms with E-state index in [0.717, 1.165) is 42.1 Å². The quantitative estimate of drug-likeness (QED) is 0.602. The van der Waals surface area contributed by atoms with Crippen LogP contribution in [0, 0.1) is 5.92 Å². The van der Waals surface area contributed by atoms with E-state index in [2.05, 4.69) is 22.2 Å². The van der Waals surface area contributed by atoms with Crippen LogP contribution in [0.25, 0.3) is 5.69 Å². The molecule has 0 aliphatic carbocycles. The van der Waals surface area contributed by atoms with E-state index in [0.29, 0.717) is 19.6 Å². The van der Waals surface area contributed by atoms with E-state index >= 15 is 0 Å². The first-order valence-electron chi connectivity index (χ1n) is 11.4. The number of aromatic nitrogens is 2. The van der Waals surface area contributed by atoms with Gasteiger partial charge in [-0.15, -0.1) is 5.10 Å². The summed E-state index contributed by atoms with van der Waals surface area (Å²) in [6, 6.07) is 18.9. The zero-order valence-electron chi connectivity index (χ0n) is 19.2. The third-order valence-corrected chi connectivity index (χ3v) is 6.21. The number of amides is 1. The van der Waals surface area contributed by atoms with Crippen molar-refractivity contribution in [2.75, 3.05) is 25.1 Å². The number of ether oxygens (including phenoxy) is 1. The molecule has 3 aromatic rings. The van der Waals surface area contributed by atoms with Crippen molar-refractivity contribution in [2.45, 2.75) is 32.7 Å². The molecule has 7 heteroatoms. The van der Waals surface area contributed by atoms with E-state index in [9.17, 15) is 9.59 Å². The van der Waals surface area contributed by atoms with Crippen LogP contribution in [-0.4, -0.2) is 35.9 Å². The largest absolute Gasteiger partial charge is 0.496 e. The van der Waals surface area contributed by atoms with Crippen LogP contribution in [-0.2, 0) is 17.8 Å². The molecule has 1 aromatic heterocycles. The number of anilines is 1. The van der Waals surface area contributed by atoms with Crippen molar-refractivity contribution in [3.8, 4) is 11.4 Å². The molecule has 172 valence electrons. The van der Waals surface area contributed by atoms with Crippen LogP contribution in [0.2, 0.25) is 0 Å². The maximum atomic E-state index is 12.7. The average Bonchev–Trinajstić information content (AvgIpc) is 2.88. The van der Waals surface area contributed by atoms with E-state index in [1.54, 1.807) is 19.2 Å². The van der Waals surface area contributed by atoms with Gasteiger partial charge in [0.2, 0.25) is 5.91 Å². The Hall–Kier alpha value is -3.61. The number of rotatable bonds is 7. The van der Waals surface area contributed by atoms with Crippen molar-refractivity contribution < 1.29 is 9.53 Å². The minimum Gasteiger partial charge on any atom is -0.496 e. The van der Waals surface area contributed by atoms with Gasteiger partial charge in [-0.2, -0.15) is 4.68 Å². The highest BCUT2D eigenvalue weighted by Crippen LogP contribution is 2.23. The van der Waals surface area contributed by atoms with Gasteiger partial charge in [0.1, 0.15) is 11.6 Å². The summed E-state index contributed by atoms with van der Waals surface area (Å²) in [5.41, 5.74) is 2.77. The fraction of sp³-hybridized carbons (Fsp3) is 0.346. The number of methoxy groups -OCH3 is 1. The van der Waals surface area contributed by atoms with Crippen LogP contribution in [0.5, 0.6) is 5.75 Å². The van der Waals surface area contributed by atoms with Gasteiger partial charge < -0.3 is 15.0 Å². The summed E-state index contributed by atoms with van der Waals surface area (Å²) in [5.74, 6) is 1.55. The molecule has 1 aliphatic rings. The molecule has 1 N–H and O–H groups in total. The predicted octanol–water partition coefficient (Wildman–Crippen LogP) is 3.34. The Kier molecular flexibility index (Phi) is 7.07. The highest BCUT2D eigenvalue weighted by atomic mass is 16.5. The predicted molar refractivity (Wildman–Crippen MR) is 129 cm³/mol. The second kappa shape index (κ2) is 10.3. The molecule has 1 saturated heterocycles. The number of aryl methyl sites for hydroxylation is 1. The van der Waals surface area contributed by atoms with Crippen molar-refractivity contribution in [3.05, 3.63) is 82.1 Å². The van der Waals surface area contributed by atoms with Gasteiger partial charge in [0.15, 0.2) is 0 Å². The van der Waals surface area contributed by atoms with E-state index in [4.69, 9.17) is 4.74 Å². The number of carbonyl (C=O) groups is 1. The zero-order chi connectivity index (χ0) is 23.2. The van der Waals surface area contributed by atoms with Crippen molar-refractivity contribution in [1.82, 2.24) is 15.1 Å². The number of piperidine rings is 1. The van der Waals surface area contributed by atoms with Crippen molar-refractivity contribution in [2.24, 2.45) is 5.92 Å². The Morgan fingerprint density at radius 3 is 2.48 bits per heavy atom. The summed E-state index contributed by atoms with van der Waals surface area (Å²) < 4.78 is 6.80. The molecule has 2 aromatic carbocycles. The highest BCUT2D eigenvalue weighted by molar-refractivity contribution is 5.79. The molecule has 2 heterocycles. The molecular formula is C26H30N4O3. The number of hydrogen-bond donors (Lipinski definition) is 1. The number of benzene rings is 2. The molecule has 4 rings (SSSR count). The lowest BCUT2D eigenvalue weighted by molar-refractivity contribution is -0.125. The second-order valence-corrected chi connectivity index (χ2v) is 8.25. The summed E-state index contributed by atoms with van der Waals surface area (Å²) in [7, 11) is 1.63. The number of nitrogens with one attached hydrogen (secondary N) is 1. The van der Waals surface area contributed by atoms with Crippen LogP contribution in [0.3, 0.4) is 0 Å². The van der Waals surface area contributed by atoms with E-state index < -0.39 is 0 Å². The summed E-state index contributed by atoms with van der Waals surface area (Å²) in [6.45, 7) is 3.98. The van der Waals surface area contributed by atoms with Gasteiger partial charge in [0, 0.05) is 37.2 Å². The van der Waals surface area contributed by atoms with Crippen molar-refractivity contribution >= 4 is 11.7 Å².